The van der Waals surface area contributed by atoms with Crippen LogP contribution in [0.5, 0.6) is 11.5 Å². The Balaban J connectivity index is 2.18. The van der Waals surface area contributed by atoms with E-state index >= 15 is 0 Å². The topological polar surface area (TPSA) is 84.9 Å². The van der Waals surface area contributed by atoms with E-state index in [4.69, 9.17) is 21.1 Å². The summed E-state index contributed by atoms with van der Waals surface area (Å²) in [5, 5.41) is 3.10. The van der Waals surface area contributed by atoms with Crippen molar-refractivity contribution in [3.63, 3.8) is 0 Å². The molecule has 0 bridgehead atoms. The molecule has 9 heteroatoms. The first-order chi connectivity index (χ1) is 14.0. The lowest BCUT2D eigenvalue weighted by molar-refractivity contribution is -0.122. The first-order valence-corrected chi connectivity index (χ1v) is 11.6. The van der Waals surface area contributed by atoms with E-state index in [0.717, 1.165) is 21.9 Å². The molecule has 0 heterocycles. The number of carbonyl (C=O) groups excluding carboxylic acids is 1. The molecule has 0 aliphatic heterocycles. The second kappa shape index (κ2) is 10.0. The molecule has 1 N–H and O–H groups in total. The molecule has 0 aliphatic rings. The third-order valence-corrected chi connectivity index (χ3v) is 5.69. The summed E-state index contributed by atoms with van der Waals surface area (Å²) in [4.78, 5) is 12.8. The Morgan fingerprint density at radius 1 is 1.13 bits per heavy atom. The predicted molar refractivity (Wildman–Crippen MR) is 119 cm³/mol. The van der Waals surface area contributed by atoms with E-state index in [1.807, 2.05) is 38.1 Å². The van der Waals surface area contributed by atoms with Gasteiger partial charge in [0.1, 0.15) is 17.5 Å². The largest absolute Gasteiger partial charge is 0.495 e. The van der Waals surface area contributed by atoms with E-state index in [-0.39, 0.29) is 18.3 Å². The maximum absolute atomic E-state index is 12.8. The summed E-state index contributed by atoms with van der Waals surface area (Å²) in [6, 6.07) is 10.9. The lowest BCUT2D eigenvalue weighted by Gasteiger charge is -2.29. The van der Waals surface area contributed by atoms with Crippen molar-refractivity contribution in [1.82, 2.24) is 5.32 Å². The highest BCUT2D eigenvalue weighted by Crippen LogP contribution is 2.34. The summed E-state index contributed by atoms with van der Waals surface area (Å²) in [6.45, 7) is 5.64. The fourth-order valence-corrected chi connectivity index (χ4v) is 4.25. The molecular weight excluding hydrogens is 428 g/mol. The molecule has 0 unspecified atom stereocenters. The number of halogens is 1. The normalized spacial score (nSPS) is 12.4. The minimum absolute atomic E-state index is 0.0712. The van der Waals surface area contributed by atoms with Crippen molar-refractivity contribution in [2.75, 3.05) is 17.7 Å². The van der Waals surface area contributed by atoms with Crippen molar-refractivity contribution in [2.45, 2.75) is 39.5 Å². The first kappa shape index (κ1) is 23.8. The van der Waals surface area contributed by atoms with Crippen LogP contribution in [0.25, 0.3) is 0 Å². The molecule has 0 saturated carbocycles. The van der Waals surface area contributed by atoms with Crippen LogP contribution in [0.1, 0.15) is 26.3 Å². The Kier molecular flexibility index (Phi) is 7.97. The monoisotopic (exact) mass is 454 g/mol. The second-order valence-corrected chi connectivity index (χ2v) is 9.38. The highest BCUT2D eigenvalue weighted by atomic mass is 35.5. The zero-order valence-corrected chi connectivity index (χ0v) is 19.3. The molecule has 2 rings (SSSR count). The van der Waals surface area contributed by atoms with Gasteiger partial charge in [-0.3, -0.25) is 9.10 Å². The van der Waals surface area contributed by atoms with Crippen molar-refractivity contribution in [2.24, 2.45) is 0 Å². The zero-order chi connectivity index (χ0) is 22.5. The van der Waals surface area contributed by atoms with Gasteiger partial charge in [0.25, 0.3) is 0 Å². The molecule has 0 fully saturated rings. The van der Waals surface area contributed by atoms with Crippen LogP contribution in [0, 0.1) is 0 Å². The summed E-state index contributed by atoms with van der Waals surface area (Å²) in [6.07, 6.45) is 1.10. The number of carbonyl (C=O) groups is 1. The zero-order valence-electron chi connectivity index (χ0n) is 17.7. The van der Waals surface area contributed by atoms with Crippen LogP contribution in [0.15, 0.2) is 42.5 Å². The molecule has 1 amide bonds. The summed E-state index contributed by atoms with van der Waals surface area (Å²) >= 11 is 6.05. The number of benzene rings is 2. The van der Waals surface area contributed by atoms with Gasteiger partial charge in [0.05, 0.1) is 25.2 Å². The van der Waals surface area contributed by atoms with Crippen LogP contribution < -0.4 is 19.1 Å². The number of ether oxygens (including phenoxy) is 2. The fourth-order valence-electron chi connectivity index (χ4n) is 2.91. The molecule has 7 nitrogen and oxygen atoms in total. The smallest absolute Gasteiger partial charge is 0.243 e. The van der Waals surface area contributed by atoms with Gasteiger partial charge in [-0.05, 0) is 56.7 Å². The Bertz CT molecular complexity index is 977. The van der Waals surface area contributed by atoms with Crippen LogP contribution in [-0.2, 0) is 21.4 Å². The molecule has 2 aromatic carbocycles. The molecule has 0 spiro atoms. The van der Waals surface area contributed by atoms with Crippen molar-refractivity contribution in [3.8, 4) is 11.5 Å². The SMILES string of the molecule is COc1ccc(Cl)cc1N([C@@H](C)C(=O)NCc1ccc(OC(C)C)cc1)S(C)(=O)=O. The van der Waals surface area contributed by atoms with Crippen LogP contribution in [0.4, 0.5) is 5.69 Å². The molecule has 164 valence electrons. The summed E-state index contributed by atoms with van der Waals surface area (Å²) in [5.41, 5.74) is 1.06. The number of hydrogen-bond acceptors (Lipinski definition) is 5. The van der Waals surface area contributed by atoms with E-state index in [9.17, 15) is 13.2 Å². The van der Waals surface area contributed by atoms with Gasteiger partial charge in [-0.1, -0.05) is 23.7 Å². The van der Waals surface area contributed by atoms with Crippen LogP contribution in [0.3, 0.4) is 0 Å². The standard InChI is InChI=1S/C21H27ClN2O5S/c1-14(2)29-18-9-6-16(7-10-18)13-23-21(25)15(3)24(30(5,26)27)19-12-17(22)8-11-20(19)28-4/h6-12,14-15H,13H2,1-5H3,(H,23,25)/t15-/m0/s1. The third-order valence-electron chi connectivity index (χ3n) is 4.23. The number of sulfonamides is 1. The number of methoxy groups -OCH3 is 1. The van der Waals surface area contributed by atoms with E-state index < -0.39 is 22.0 Å². The molecule has 0 aliphatic carbocycles. The fraction of sp³-hybridized carbons (Fsp3) is 0.381. The highest BCUT2D eigenvalue weighted by molar-refractivity contribution is 7.92. The average molecular weight is 455 g/mol. The maximum atomic E-state index is 12.8. The van der Waals surface area contributed by atoms with Crippen molar-refractivity contribution >= 4 is 33.2 Å². The summed E-state index contributed by atoms with van der Waals surface area (Å²) < 4.78 is 36.9. The van der Waals surface area contributed by atoms with Gasteiger partial charge in [-0.2, -0.15) is 0 Å². The van der Waals surface area contributed by atoms with Gasteiger partial charge in [0.15, 0.2) is 0 Å². The molecule has 0 radical (unpaired) electrons. The van der Waals surface area contributed by atoms with Gasteiger partial charge >= 0.3 is 0 Å². The van der Waals surface area contributed by atoms with Crippen LogP contribution in [0.2, 0.25) is 5.02 Å². The first-order valence-electron chi connectivity index (χ1n) is 9.39. The molecular formula is C21H27ClN2O5S. The van der Waals surface area contributed by atoms with Gasteiger partial charge < -0.3 is 14.8 Å². The van der Waals surface area contributed by atoms with Gasteiger partial charge in [0.2, 0.25) is 15.9 Å². The third kappa shape index (κ3) is 6.27. The Hall–Kier alpha value is -2.45. The minimum Gasteiger partial charge on any atom is -0.495 e. The minimum atomic E-state index is -3.79. The van der Waals surface area contributed by atoms with E-state index in [0.29, 0.717) is 10.8 Å². The number of nitrogens with one attached hydrogen (secondary N) is 1. The molecule has 2 aromatic rings. The average Bonchev–Trinajstić information content (AvgIpc) is 2.66. The highest BCUT2D eigenvalue weighted by Gasteiger charge is 2.31. The van der Waals surface area contributed by atoms with E-state index in [1.165, 1.54) is 20.1 Å². The number of hydrogen-bond donors (Lipinski definition) is 1. The van der Waals surface area contributed by atoms with Crippen LogP contribution in [-0.4, -0.2) is 39.8 Å². The second-order valence-electron chi connectivity index (χ2n) is 7.08. The van der Waals surface area contributed by atoms with Gasteiger partial charge in [0, 0.05) is 11.6 Å². The molecule has 0 aromatic heterocycles. The molecule has 0 saturated heterocycles. The Labute approximate surface area is 183 Å². The number of nitrogens with zero attached hydrogens (tertiary/aromatic N) is 1. The predicted octanol–water partition coefficient (Wildman–Crippen LogP) is 3.61. The summed E-state index contributed by atoms with van der Waals surface area (Å²) in [7, 11) is -2.37. The van der Waals surface area contributed by atoms with E-state index in [1.54, 1.807) is 12.1 Å². The maximum Gasteiger partial charge on any atom is 0.243 e. The Morgan fingerprint density at radius 2 is 1.77 bits per heavy atom. The number of amides is 1. The van der Waals surface area contributed by atoms with Crippen LogP contribution >= 0.6 is 11.6 Å². The summed E-state index contributed by atoms with van der Waals surface area (Å²) in [5.74, 6) is 0.583. The lowest BCUT2D eigenvalue weighted by atomic mass is 10.2. The van der Waals surface area contributed by atoms with Gasteiger partial charge in [-0.25, -0.2) is 8.42 Å². The number of anilines is 1. The van der Waals surface area contributed by atoms with Crippen molar-refractivity contribution in [3.05, 3.63) is 53.1 Å². The quantitative estimate of drug-likeness (QED) is 0.625. The Morgan fingerprint density at radius 3 is 2.30 bits per heavy atom. The lowest BCUT2D eigenvalue weighted by Crippen LogP contribution is -2.47. The van der Waals surface area contributed by atoms with Gasteiger partial charge in [-0.15, -0.1) is 0 Å². The van der Waals surface area contributed by atoms with E-state index in [2.05, 4.69) is 5.32 Å². The molecule has 1 atom stereocenters. The van der Waals surface area contributed by atoms with Crippen molar-refractivity contribution < 1.29 is 22.7 Å². The number of rotatable bonds is 9. The van der Waals surface area contributed by atoms with Crippen molar-refractivity contribution in [1.29, 1.82) is 0 Å². The molecule has 30 heavy (non-hydrogen) atoms.